The molecule has 0 saturated heterocycles. The lowest BCUT2D eigenvalue weighted by Crippen LogP contribution is -2.16. The average Bonchev–Trinajstić information content (AvgIpc) is 2.86. The lowest BCUT2D eigenvalue weighted by Gasteiger charge is -2.14. The maximum absolute atomic E-state index is 6.27. The van der Waals surface area contributed by atoms with Gasteiger partial charge in [-0.05, 0) is 31.5 Å². The minimum absolute atomic E-state index is 0.0619. The average molecular weight is 259 g/mol. The number of nitrogens with two attached hydrogens (primary N) is 1. The molecule has 0 radical (unpaired) electrons. The highest BCUT2D eigenvalue weighted by atomic mass is 16.5. The van der Waals surface area contributed by atoms with Gasteiger partial charge in [0.25, 0.3) is 0 Å². The van der Waals surface area contributed by atoms with Crippen molar-refractivity contribution in [3.8, 4) is 5.75 Å². The van der Waals surface area contributed by atoms with Crippen LogP contribution in [0.4, 0.5) is 0 Å². The number of benzene rings is 1. The Morgan fingerprint density at radius 2 is 2.21 bits per heavy atom. The first-order chi connectivity index (χ1) is 9.24. The standard InChI is InChI=1S/C15H21N3O/c1-3-18-9-8-17-15(18)11-14(16)12-6-5-7-13(10-12)19-4-2/h5-10,14H,3-4,11,16H2,1-2H3. The Kier molecular flexibility index (Phi) is 4.58. The molecule has 19 heavy (non-hydrogen) atoms. The first-order valence-corrected chi connectivity index (χ1v) is 6.73. The second-order valence-corrected chi connectivity index (χ2v) is 4.45. The van der Waals surface area contributed by atoms with E-state index in [1.54, 1.807) is 0 Å². The van der Waals surface area contributed by atoms with Gasteiger partial charge in [0.15, 0.2) is 0 Å². The van der Waals surface area contributed by atoms with E-state index in [0.717, 1.165) is 30.1 Å². The maximum atomic E-state index is 6.27. The lowest BCUT2D eigenvalue weighted by atomic mass is 10.0. The van der Waals surface area contributed by atoms with Crippen LogP contribution in [0.15, 0.2) is 36.7 Å². The molecule has 1 aromatic carbocycles. The van der Waals surface area contributed by atoms with Crippen LogP contribution in [0.25, 0.3) is 0 Å². The molecule has 2 N–H and O–H groups in total. The predicted octanol–water partition coefficient (Wildman–Crippen LogP) is 2.54. The SMILES string of the molecule is CCOc1cccc(C(N)Cc2nccn2CC)c1. The van der Waals surface area contributed by atoms with Crippen LogP contribution in [0.3, 0.4) is 0 Å². The lowest BCUT2D eigenvalue weighted by molar-refractivity contribution is 0.339. The van der Waals surface area contributed by atoms with Gasteiger partial charge >= 0.3 is 0 Å². The predicted molar refractivity (Wildman–Crippen MR) is 76.1 cm³/mol. The zero-order valence-corrected chi connectivity index (χ0v) is 11.5. The molecule has 0 spiro atoms. The van der Waals surface area contributed by atoms with Gasteiger partial charge in [0.2, 0.25) is 0 Å². The molecule has 1 atom stereocenters. The van der Waals surface area contributed by atoms with Crippen molar-refractivity contribution in [2.24, 2.45) is 5.73 Å². The Balaban J connectivity index is 2.11. The number of aryl methyl sites for hydroxylation is 1. The topological polar surface area (TPSA) is 53.1 Å². The van der Waals surface area contributed by atoms with E-state index in [1.165, 1.54) is 0 Å². The number of nitrogens with zero attached hydrogens (tertiary/aromatic N) is 2. The van der Waals surface area contributed by atoms with E-state index >= 15 is 0 Å². The zero-order chi connectivity index (χ0) is 13.7. The van der Waals surface area contributed by atoms with Gasteiger partial charge in [-0.15, -0.1) is 0 Å². The number of hydrogen-bond acceptors (Lipinski definition) is 3. The Hall–Kier alpha value is -1.81. The zero-order valence-electron chi connectivity index (χ0n) is 11.5. The van der Waals surface area contributed by atoms with Gasteiger partial charge in [0.05, 0.1) is 6.61 Å². The highest BCUT2D eigenvalue weighted by Crippen LogP contribution is 2.20. The van der Waals surface area contributed by atoms with Crippen LogP contribution in [-0.2, 0) is 13.0 Å². The smallest absolute Gasteiger partial charge is 0.119 e. The molecule has 0 bridgehead atoms. The quantitative estimate of drug-likeness (QED) is 0.867. The number of hydrogen-bond donors (Lipinski definition) is 1. The van der Waals surface area contributed by atoms with Crippen molar-refractivity contribution in [1.29, 1.82) is 0 Å². The first-order valence-electron chi connectivity index (χ1n) is 6.73. The minimum Gasteiger partial charge on any atom is -0.494 e. The van der Waals surface area contributed by atoms with Crippen LogP contribution in [0.1, 0.15) is 31.3 Å². The van der Waals surface area contributed by atoms with Gasteiger partial charge in [-0.1, -0.05) is 12.1 Å². The molecule has 4 heteroatoms. The summed E-state index contributed by atoms with van der Waals surface area (Å²) in [4.78, 5) is 4.36. The maximum Gasteiger partial charge on any atom is 0.119 e. The van der Waals surface area contributed by atoms with Crippen LogP contribution in [0.2, 0.25) is 0 Å². The van der Waals surface area contributed by atoms with Gasteiger partial charge in [-0.2, -0.15) is 0 Å². The number of imidazole rings is 1. The van der Waals surface area contributed by atoms with Crippen LogP contribution < -0.4 is 10.5 Å². The van der Waals surface area contributed by atoms with E-state index in [0.29, 0.717) is 6.61 Å². The normalized spacial score (nSPS) is 12.4. The summed E-state index contributed by atoms with van der Waals surface area (Å²) in [5, 5.41) is 0. The third kappa shape index (κ3) is 3.35. The molecule has 1 heterocycles. The molecule has 1 unspecified atom stereocenters. The molecular weight excluding hydrogens is 238 g/mol. The van der Waals surface area contributed by atoms with Crippen molar-refractivity contribution in [2.45, 2.75) is 32.9 Å². The van der Waals surface area contributed by atoms with Crippen LogP contribution in [-0.4, -0.2) is 16.2 Å². The van der Waals surface area contributed by atoms with Crippen molar-refractivity contribution in [3.63, 3.8) is 0 Å². The van der Waals surface area contributed by atoms with Gasteiger partial charge in [-0.3, -0.25) is 0 Å². The molecule has 0 aliphatic carbocycles. The summed E-state index contributed by atoms with van der Waals surface area (Å²) in [6, 6.07) is 7.91. The number of rotatable bonds is 6. The molecule has 2 aromatic rings. The fraction of sp³-hybridized carbons (Fsp3) is 0.400. The van der Waals surface area contributed by atoms with E-state index in [9.17, 15) is 0 Å². The summed E-state index contributed by atoms with van der Waals surface area (Å²) < 4.78 is 7.62. The van der Waals surface area contributed by atoms with E-state index < -0.39 is 0 Å². The van der Waals surface area contributed by atoms with E-state index in [1.807, 2.05) is 43.6 Å². The Bertz CT molecular complexity index is 522. The fourth-order valence-corrected chi connectivity index (χ4v) is 2.13. The van der Waals surface area contributed by atoms with E-state index in [-0.39, 0.29) is 6.04 Å². The van der Waals surface area contributed by atoms with Gasteiger partial charge < -0.3 is 15.0 Å². The minimum atomic E-state index is -0.0619. The summed E-state index contributed by atoms with van der Waals surface area (Å²) in [5.74, 6) is 1.89. The molecule has 102 valence electrons. The first kappa shape index (κ1) is 13.6. The van der Waals surface area contributed by atoms with E-state index in [4.69, 9.17) is 10.5 Å². The van der Waals surface area contributed by atoms with Crippen LogP contribution in [0, 0.1) is 0 Å². The van der Waals surface area contributed by atoms with Crippen molar-refractivity contribution in [1.82, 2.24) is 9.55 Å². The Morgan fingerprint density at radius 3 is 2.95 bits per heavy atom. The highest BCUT2D eigenvalue weighted by Gasteiger charge is 2.11. The Labute approximate surface area is 114 Å². The fourth-order valence-electron chi connectivity index (χ4n) is 2.13. The molecule has 4 nitrogen and oxygen atoms in total. The largest absolute Gasteiger partial charge is 0.494 e. The number of ether oxygens (including phenoxy) is 1. The molecule has 0 amide bonds. The Morgan fingerprint density at radius 1 is 1.37 bits per heavy atom. The summed E-state index contributed by atoms with van der Waals surface area (Å²) >= 11 is 0. The second kappa shape index (κ2) is 6.38. The summed E-state index contributed by atoms with van der Waals surface area (Å²) in [7, 11) is 0. The van der Waals surface area contributed by atoms with Crippen LogP contribution >= 0.6 is 0 Å². The van der Waals surface area contributed by atoms with Crippen molar-refractivity contribution in [3.05, 3.63) is 48.0 Å². The van der Waals surface area contributed by atoms with Crippen molar-refractivity contribution < 1.29 is 4.74 Å². The van der Waals surface area contributed by atoms with Crippen molar-refractivity contribution >= 4 is 0 Å². The van der Waals surface area contributed by atoms with Gasteiger partial charge in [0.1, 0.15) is 11.6 Å². The highest BCUT2D eigenvalue weighted by molar-refractivity contribution is 5.30. The molecule has 0 fully saturated rings. The number of aromatic nitrogens is 2. The summed E-state index contributed by atoms with van der Waals surface area (Å²) in [6.07, 6.45) is 4.54. The third-order valence-electron chi connectivity index (χ3n) is 3.14. The summed E-state index contributed by atoms with van der Waals surface area (Å²) in [5.41, 5.74) is 7.35. The van der Waals surface area contributed by atoms with E-state index in [2.05, 4.69) is 16.5 Å². The molecule has 0 aliphatic rings. The third-order valence-corrected chi connectivity index (χ3v) is 3.14. The monoisotopic (exact) mass is 259 g/mol. The van der Waals surface area contributed by atoms with Gasteiger partial charge in [0, 0.05) is 31.4 Å². The molecular formula is C15H21N3O. The van der Waals surface area contributed by atoms with Crippen LogP contribution in [0.5, 0.6) is 5.75 Å². The molecule has 1 aromatic heterocycles. The molecule has 0 aliphatic heterocycles. The van der Waals surface area contributed by atoms with Crippen molar-refractivity contribution in [2.75, 3.05) is 6.61 Å². The summed E-state index contributed by atoms with van der Waals surface area (Å²) in [6.45, 7) is 5.66. The second-order valence-electron chi connectivity index (χ2n) is 4.45. The molecule has 0 saturated carbocycles. The van der Waals surface area contributed by atoms with Gasteiger partial charge in [-0.25, -0.2) is 4.98 Å². The molecule has 2 rings (SSSR count).